The molecule has 6 nitrogen and oxygen atoms in total. The van der Waals surface area contributed by atoms with E-state index in [-0.39, 0.29) is 22.7 Å². The van der Waals surface area contributed by atoms with Crippen molar-refractivity contribution in [2.24, 2.45) is 11.8 Å². The summed E-state index contributed by atoms with van der Waals surface area (Å²) in [4.78, 5) is 32.8. The van der Waals surface area contributed by atoms with Crippen LogP contribution in [0.25, 0.3) is 32.9 Å². The Bertz CT molecular complexity index is 1360. The van der Waals surface area contributed by atoms with E-state index in [2.05, 4.69) is 11.9 Å². The van der Waals surface area contributed by atoms with Crippen LogP contribution < -0.4 is 4.90 Å². The number of hydrogen-bond donors (Lipinski definition) is 1. The summed E-state index contributed by atoms with van der Waals surface area (Å²) in [5.41, 5.74) is 3.84. The van der Waals surface area contributed by atoms with E-state index in [9.17, 15) is 14.7 Å². The lowest BCUT2D eigenvalue weighted by molar-refractivity contribution is -0.123. The minimum atomic E-state index is -1.01. The van der Waals surface area contributed by atoms with Crippen molar-refractivity contribution in [1.29, 1.82) is 0 Å². The third-order valence-electron chi connectivity index (χ3n) is 7.03. The fraction of sp³-hybridized carbons (Fsp3) is 0.345. The van der Waals surface area contributed by atoms with E-state index in [1.807, 2.05) is 62.4 Å². The quantitative estimate of drug-likeness (QED) is 0.295. The van der Waals surface area contributed by atoms with Gasteiger partial charge in [-0.3, -0.25) is 9.78 Å². The second-order valence-electron chi connectivity index (χ2n) is 9.96. The average Bonchev–Trinajstić information content (AvgIpc) is 3.49. The normalized spacial score (nSPS) is 18.0. The number of furan rings is 1. The number of aromatic nitrogens is 1. The van der Waals surface area contributed by atoms with Crippen LogP contribution in [0.3, 0.4) is 0 Å². The van der Waals surface area contributed by atoms with Crippen LogP contribution >= 0.6 is 11.3 Å². The number of pyridine rings is 1. The molecule has 7 heteroatoms. The molecule has 0 unspecified atom stereocenters. The van der Waals surface area contributed by atoms with Gasteiger partial charge in [-0.15, -0.1) is 11.3 Å². The number of amides is 1. The van der Waals surface area contributed by atoms with Gasteiger partial charge < -0.3 is 14.4 Å². The Morgan fingerprint density at radius 3 is 2.39 bits per heavy atom. The van der Waals surface area contributed by atoms with Crippen LogP contribution in [0, 0.1) is 11.8 Å². The number of benzene rings is 1. The average molecular weight is 503 g/mol. The molecule has 5 rings (SSSR count). The fourth-order valence-electron chi connectivity index (χ4n) is 5.02. The first-order valence-corrected chi connectivity index (χ1v) is 13.3. The van der Waals surface area contributed by atoms with Crippen LogP contribution in [0.5, 0.6) is 0 Å². The van der Waals surface area contributed by atoms with E-state index in [1.165, 1.54) is 11.3 Å². The highest BCUT2D eigenvalue weighted by Gasteiger charge is 2.33. The largest absolute Gasteiger partial charge is 0.477 e. The molecule has 1 fully saturated rings. The number of carboxylic acids is 1. The molecule has 3 heterocycles. The number of rotatable bonds is 6. The zero-order valence-corrected chi connectivity index (χ0v) is 21.5. The first-order valence-electron chi connectivity index (χ1n) is 12.5. The summed E-state index contributed by atoms with van der Waals surface area (Å²) < 4.78 is 5.92. The minimum absolute atomic E-state index is 0.0394. The van der Waals surface area contributed by atoms with Crippen molar-refractivity contribution < 1.29 is 19.1 Å². The van der Waals surface area contributed by atoms with Gasteiger partial charge in [-0.1, -0.05) is 31.2 Å². The lowest BCUT2D eigenvalue weighted by Crippen LogP contribution is -2.42. The molecule has 186 valence electrons. The Morgan fingerprint density at radius 1 is 1.06 bits per heavy atom. The summed E-state index contributed by atoms with van der Waals surface area (Å²) in [5, 5.41) is 10.00. The van der Waals surface area contributed by atoms with Crippen LogP contribution in [0.15, 0.2) is 59.1 Å². The molecule has 1 aliphatic rings. The molecule has 0 atom stereocenters. The highest BCUT2D eigenvalue weighted by Crippen LogP contribution is 2.40. The van der Waals surface area contributed by atoms with Crippen molar-refractivity contribution in [2.75, 3.05) is 4.90 Å². The Morgan fingerprint density at radius 2 is 1.75 bits per heavy atom. The zero-order chi connectivity index (χ0) is 25.4. The number of carboxylic acid groups (broad SMARTS) is 1. The number of nitrogens with zero attached hydrogens (tertiary/aromatic N) is 2. The predicted molar refractivity (Wildman–Crippen MR) is 143 cm³/mol. The third-order valence-corrected chi connectivity index (χ3v) is 8.19. The molecule has 3 aromatic heterocycles. The van der Waals surface area contributed by atoms with Crippen molar-refractivity contribution in [2.45, 2.75) is 52.5 Å². The molecule has 0 aliphatic heterocycles. The van der Waals surface area contributed by atoms with Crippen molar-refractivity contribution in [1.82, 2.24) is 4.98 Å². The smallest absolute Gasteiger partial charge is 0.348 e. The summed E-state index contributed by atoms with van der Waals surface area (Å²) in [7, 11) is 0. The molecule has 1 N–H and O–H groups in total. The maximum absolute atomic E-state index is 13.6. The van der Waals surface area contributed by atoms with Crippen LogP contribution in [0.4, 0.5) is 5.69 Å². The first-order chi connectivity index (χ1) is 17.3. The van der Waals surface area contributed by atoms with E-state index < -0.39 is 5.97 Å². The number of thiophene rings is 1. The lowest BCUT2D eigenvalue weighted by atomic mass is 9.82. The second kappa shape index (κ2) is 9.90. The molecule has 1 amide bonds. The van der Waals surface area contributed by atoms with E-state index in [0.29, 0.717) is 11.6 Å². The maximum Gasteiger partial charge on any atom is 0.348 e. The van der Waals surface area contributed by atoms with Gasteiger partial charge in [0.25, 0.3) is 0 Å². The molecular weight excluding hydrogens is 472 g/mol. The number of anilines is 1. The van der Waals surface area contributed by atoms with Crippen LogP contribution in [0.2, 0.25) is 0 Å². The van der Waals surface area contributed by atoms with Gasteiger partial charge in [0.15, 0.2) is 5.58 Å². The van der Waals surface area contributed by atoms with Gasteiger partial charge in [-0.2, -0.15) is 0 Å². The van der Waals surface area contributed by atoms with Crippen molar-refractivity contribution in [3.63, 3.8) is 0 Å². The number of carbonyl (C=O) groups excluding carboxylic acids is 1. The highest BCUT2D eigenvalue weighted by atomic mass is 32.1. The summed E-state index contributed by atoms with van der Waals surface area (Å²) in [6.45, 7) is 6.12. The Hall–Kier alpha value is -3.45. The molecule has 0 bridgehead atoms. The molecule has 4 aromatic rings. The molecule has 0 saturated heterocycles. The Labute approximate surface area is 214 Å². The molecule has 0 radical (unpaired) electrons. The molecule has 1 saturated carbocycles. The van der Waals surface area contributed by atoms with E-state index in [1.54, 1.807) is 11.1 Å². The van der Waals surface area contributed by atoms with Gasteiger partial charge in [-0.25, -0.2) is 4.79 Å². The lowest BCUT2D eigenvalue weighted by Gasteiger charge is -2.33. The second-order valence-corrected chi connectivity index (χ2v) is 11.0. The summed E-state index contributed by atoms with van der Waals surface area (Å²) in [6.07, 6.45) is 5.54. The van der Waals surface area contributed by atoms with Crippen LogP contribution in [-0.4, -0.2) is 28.0 Å². The van der Waals surface area contributed by atoms with Gasteiger partial charge in [-0.05, 0) is 69.2 Å². The van der Waals surface area contributed by atoms with Gasteiger partial charge in [0.1, 0.15) is 16.2 Å². The van der Waals surface area contributed by atoms with Crippen molar-refractivity contribution in [3.8, 4) is 21.8 Å². The topological polar surface area (TPSA) is 83.6 Å². The van der Waals surface area contributed by atoms with Crippen LogP contribution in [0.1, 0.15) is 56.1 Å². The van der Waals surface area contributed by atoms with Gasteiger partial charge in [0, 0.05) is 34.7 Å². The van der Waals surface area contributed by atoms with Crippen molar-refractivity contribution >= 4 is 40.0 Å². The van der Waals surface area contributed by atoms with Gasteiger partial charge >= 0.3 is 5.97 Å². The van der Waals surface area contributed by atoms with Gasteiger partial charge in [0.05, 0.1) is 5.69 Å². The summed E-state index contributed by atoms with van der Waals surface area (Å²) in [5.74, 6) is 0.349. The van der Waals surface area contributed by atoms with Crippen LogP contribution in [-0.2, 0) is 4.79 Å². The molecule has 0 spiro atoms. The number of aromatic carboxylic acids is 1. The molecule has 36 heavy (non-hydrogen) atoms. The molecule has 1 aromatic carbocycles. The Kier molecular flexibility index (Phi) is 6.67. The fourth-order valence-corrected chi connectivity index (χ4v) is 6.02. The minimum Gasteiger partial charge on any atom is -0.477 e. The predicted octanol–water partition coefficient (Wildman–Crippen LogP) is 7.49. The standard InChI is InChI=1S/C29H30N2O4S/c1-17(2)31(28(32)21-8-6-18(3)7-9-21)23-16-26(36-27(23)29(33)34)20-12-10-19(11-13-20)25-15-22-24(35-25)5-4-14-30-22/h4-5,10-18,21H,6-9H2,1-3H3,(H,33,34)/t18-,21-. The maximum atomic E-state index is 13.6. The number of hydrogen-bond acceptors (Lipinski definition) is 5. The Balaban J connectivity index is 1.46. The monoisotopic (exact) mass is 502 g/mol. The number of fused-ring (bicyclic) bond motifs is 1. The molecule has 1 aliphatic carbocycles. The van der Waals surface area contributed by atoms with Crippen molar-refractivity contribution in [3.05, 3.63) is 59.6 Å². The summed E-state index contributed by atoms with van der Waals surface area (Å²) in [6, 6.07) is 15.2. The van der Waals surface area contributed by atoms with E-state index in [4.69, 9.17) is 4.42 Å². The summed E-state index contributed by atoms with van der Waals surface area (Å²) >= 11 is 1.21. The first kappa shape index (κ1) is 24.3. The van der Waals surface area contributed by atoms with Gasteiger partial charge in [0.2, 0.25) is 5.91 Å². The SMILES string of the molecule is CC(C)N(c1cc(-c2ccc(-c3cc4ncccc4o3)cc2)sc1C(=O)O)C(=O)[C@H]1CC[C@H](C)CC1. The third kappa shape index (κ3) is 4.67. The molecular formula is C29H30N2O4S. The highest BCUT2D eigenvalue weighted by molar-refractivity contribution is 7.18. The van der Waals surface area contributed by atoms with E-state index in [0.717, 1.165) is 58.5 Å². The zero-order valence-electron chi connectivity index (χ0n) is 20.7. The van der Waals surface area contributed by atoms with E-state index >= 15 is 0 Å². The number of carbonyl (C=O) groups is 2.